The van der Waals surface area contributed by atoms with Crippen LogP contribution in [-0.4, -0.2) is 24.0 Å². The fraction of sp³-hybridized carbons (Fsp3) is 0.429. The number of carboxylic acid groups (broad SMARTS) is 1. The first-order valence-electron chi connectivity index (χ1n) is 6.14. The SMILES string of the molecule is CCCCCCOc1cc(C=O)ccc1C(=O)O. The van der Waals surface area contributed by atoms with Crippen molar-refractivity contribution in [2.75, 3.05) is 6.61 Å². The summed E-state index contributed by atoms with van der Waals surface area (Å²) >= 11 is 0. The molecule has 0 radical (unpaired) electrons. The predicted molar refractivity (Wildman–Crippen MR) is 68.4 cm³/mol. The summed E-state index contributed by atoms with van der Waals surface area (Å²) < 4.78 is 5.45. The van der Waals surface area contributed by atoms with Crippen molar-refractivity contribution in [3.05, 3.63) is 29.3 Å². The summed E-state index contributed by atoms with van der Waals surface area (Å²) in [6.45, 7) is 2.60. The molecule has 1 aromatic rings. The van der Waals surface area contributed by atoms with E-state index in [4.69, 9.17) is 9.84 Å². The van der Waals surface area contributed by atoms with Gasteiger partial charge in [0.15, 0.2) is 0 Å². The van der Waals surface area contributed by atoms with Crippen molar-refractivity contribution in [3.63, 3.8) is 0 Å². The Hall–Kier alpha value is -1.84. The molecule has 0 aliphatic heterocycles. The third-order valence-electron chi connectivity index (χ3n) is 2.63. The molecule has 0 bridgehead atoms. The molecule has 0 amide bonds. The zero-order valence-corrected chi connectivity index (χ0v) is 10.5. The molecule has 18 heavy (non-hydrogen) atoms. The number of aldehydes is 1. The summed E-state index contributed by atoms with van der Waals surface area (Å²) in [5.41, 5.74) is 0.514. The summed E-state index contributed by atoms with van der Waals surface area (Å²) in [7, 11) is 0. The van der Waals surface area contributed by atoms with Crippen molar-refractivity contribution in [2.45, 2.75) is 32.6 Å². The number of ether oxygens (including phenoxy) is 1. The quantitative estimate of drug-likeness (QED) is 0.568. The van der Waals surface area contributed by atoms with Crippen LogP contribution in [0.3, 0.4) is 0 Å². The minimum absolute atomic E-state index is 0.0936. The van der Waals surface area contributed by atoms with Crippen molar-refractivity contribution in [3.8, 4) is 5.75 Å². The van der Waals surface area contributed by atoms with Gasteiger partial charge in [-0.25, -0.2) is 4.79 Å². The molecule has 1 aromatic carbocycles. The molecule has 0 aliphatic carbocycles. The Morgan fingerprint density at radius 2 is 2.11 bits per heavy atom. The van der Waals surface area contributed by atoms with E-state index in [0.717, 1.165) is 25.7 Å². The number of unbranched alkanes of at least 4 members (excludes halogenated alkanes) is 3. The summed E-state index contributed by atoms with van der Waals surface area (Å²) in [4.78, 5) is 21.6. The van der Waals surface area contributed by atoms with Crippen LogP contribution in [0.5, 0.6) is 5.75 Å². The first-order chi connectivity index (χ1) is 8.69. The highest BCUT2D eigenvalue weighted by atomic mass is 16.5. The molecular weight excluding hydrogens is 232 g/mol. The standard InChI is InChI=1S/C14H18O4/c1-2-3-4-5-8-18-13-9-11(10-15)6-7-12(13)14(16)17/h6-7,9-10H,2-5,8H2,1H3,(H,16,17). The first kappa shape index (κ1) is 14.2. The summed E-state index contributed by atoms with van der Waals surface area (Å²) in [5.74, 6) is -0.778. The smallest absolute Gasteiger partial charge is 0.339 e. The lowest BCUT2D eigenvalue weighted by molar-refractivity contribution is 0.0691. The fourth-order valence-corrected chi connectivity index (χ4v) is 1.62. The van der Waals surface area contributed by atoms with Gasteiger partial charge >= 0.3 is 5.97 Å². The van der Waals surface area contributed by atoms with Crippen LogP contribution in [0, 0.1) is 0 Å². The Morgan fingerprint density at radius 1 is 1.33 bits per heavy atom. The van der Waals surface area contributed by atoms with E-state index in [1.54, 1.807) is 0 Å². The van der Waals surface area contributed by atoms with Crippen LogP contribution in [-0.2, 0) is 0 Å². The van der Waals surface area contributed by atoms with E-state index in [9.17, 15) is 9.59 Å². The molecule has 0 unspecified atom stereocenters. The van der Waals surface area contributed by atoms with Gasteiger partial charge in [0, 0.05) is 5.56 Å². The molecule has 0 atom stereocenters. The number of rotatable bonds is 8. The Balaban J connectivity index is 2.66. The topological polar surface area (TPSA) is 63.6 Å². The van der Waals surface area contributed by atoms with E-state index in [-0.39, 0.29) is 11.3 Å². The fourth-order valence-electron chi connectivity index (χ4n) is 1.62. The van der Waals surface area contributed by atoms with Gasteiger partial charge in [0.25, 0.3) is 0 Å². The summed E-state index contributed by atoms with van der Waals surface area (Å²) in [6.07, 6.45) is 4.91. The lowest BCUT2D eigenvalue weighted by Crippen LogP contribution is -2.05. The molecule has 4 heteroatoms. The molecule has 4 nitrogen and oxygen atoms in total. The van der Waals surface area contributed by atoms with E-state index in [1.807, 2.05) is 0 Å². The number of benzene rings is 1. The monoisotopic (exact) mass is 250 g/mol. The molecule has 0 heterocycles. The summed E-state index contributed by atoms with van der Waals surface area (Å²) in [5, 5.41) is 9.00. The van der Waals surface area contributed by atoms with Crippen LogP contribution in [0.4, 0.5) is 0 Å². The molecule has 0 fully saturated rings. The highest BCUT2D eigenvalue weighted by Crippen LogP contribution is 2.20. The van der Waals surface area contributed by atoms with Crippen LogP contribution >= 0.6 is 0 Å². The van der Waals surface area contributed by atoms with Gasteiger partial charge in [-0.2, -0.15) is 0 Å². The van der Waals surface area contributed by atoms with Crippen LogP contribution in [0.2, 0.25) is 0 Å². The Bertz CT molecular complexity index is 412. The van der Waals surface area contributed by atoms with Gasteiger partial charge in [-0.05, 0) is 18.6 Å². The van der Waals surface area contributed by atoms with Crippen LogP contribution in [0.25, 0.3) is 0 Å². The lowest BCUT2D eigenvalue weighted by atomic mass is 10.1. The maximum absolute atomic E-state index is 11.0. The van der Waals surface area contributed by atoms with Crippen LogP contribution in [0.1, 0.15) is 53.3 Å². The zero-order chi connectivity index (χ0) is 13.4. The molecule has 0 aliphatic rings. The number of carboxylic acids is 1. The summed E-state index contributed by atoms with van der Waals surface area (Å²) in [6, 6.07) is 4.34. The van der Waals surface area contributed by atoms with Crippen LogP contribution in [0.15, 0.2) is 18.2 Å². The van der Waals surface area contributed by atoms with Crippen molar-refractivity contribution in [1.82, 2.24) is 0 Å². The average Bonchev–Trinajstić information content (AvgIpc) is 2.38. The maximum atomic E-state index is 11.0. The number of aromatic carboxylic acids is 1. The van der Waals surface area contributed by atoms with E-state index in [1.165, 1.54) is 18.2 Å². The van der Waals surface area contributed by atoms with Gasteiger partial charge in [0.2, 0.25) is 0 Å². The Morgan fingerprint density at radius 3 is 2.72 bits per heavy atom. The number of hydrogen-bond acceptors (Lipinski definition) is 3. The highest BCUT2D eigenvalue weighted by molar-refractivity contribution is 5.92. The van der Waals surface area contributed by atoms with Gasteiger partial charge in [-0.1, -0.05) is 32.3 Å². The minimum atomic E-state index is -1.05. The van der Waals surface area contributed by atoms with Crippen molar-refractivity contribution < 1.29 is 19.4 Å². The highest BCUT2D eigenvalue weighted by Gasteiger charge is 2.11. The molecular formula is C14H18O4. The molecule has 1 rings (SSSR count). The molecule has 0 saturated heterocycles. The lowest BCUT2D eigenvalue weighted by Gasteiger charge is -2.09. The van der Waals surface area contributed by atoms with Gasteiger partial charge in [0.1, 0.15) is 17.6 Å². The van der Waals surface area contributed by atoms with E-state index < -0.39 is 5.97 Å². The first-order valence-corrected chi connectivity index (χ1v) is 6.14. The Kier molecular flexibility index (Phi) is 5.91. The second kappa shape index (κ2) is 7.48. The third kappa shape index (κ3) is 4.20. The molecule has 0 saturated carbocycles. The number of carbonyl (C=O) groups is 2. The van der Waals surface area contributed by atoms with Crippen molar-refractivity contribution in [2.24, 2.45) is 0 Å². The van der Waals surface area contributed by atoms with Gasteiger partial charge in [-0.3, -0.25) is 4.79 Å². The van der Waals surface area contributed by atoms with E-state index >= 15 is 0 Å². The number of hydrogen-bond donors (Lipinski definition) is 1. The zero-order valence-electron chi connectivity index (χ0n) is 10.5. The molecule has 0 aromatic heterocycles. The van der Waals surface area contributed by atoms with Gasteiger partial charge in [-0.15, -0.1) is 0 Å². The molecule has 0 spiro atoms. The second-order valence-corrected chi connectivity index (χ2v) is 4.09. The maximum Gasteiger partial charge on any atom is 0.339 e. The van der Waals surface area contributed by atoms with E-state index in [2.05, 4.69) is 6.92 Å². The number of carbonyl (C=O) groups excluding carboxylic acids is 1. The van der Waals surface area contributed by atoms with Crippen LogP contribution < -0.4 is 4.74 Å². The second-order valence-electron chi connectivity index (χ2n) is 4.09. The van der Waals surface area contributed by atoms with E-state index in [0.29, 0.717) is 18.5 Å². The van der Waals surface area contributed by atoms with Gasteiger partial charge < -0.3 is 9.84 Å². The molecule has 98 valence electrons. The normalized spacial score (nSPS) is 10.1. The minimum Gasteiger partial charge on any atom is -0.493 e. The third-order valence-corrected chi connectivity index (χ3v) is 2.63. The largest absolute Gasteiger partial charge is 0.493 e. The van der Waals surface area contributed by atoms with Gasteiger partial charge in [0.05, 0.1) is 6.61 Å². The molecule has 1 N–H and O–H groups in total. The Labute approximate surface area is 107 Å². The predicted octanol–water partition coefficient (Wildman–Crippen LogP) is 3.16. The van der Waals surface area contributed by atoms with Crippen molar-refractivity contribution >= 4 is 12.3 Å². The average molecular weight is 250 g/mol. The van der Waals surface area contributed by atoms with Crippen molar-refractivity contribution in [1.29, 1.82) is 0 Å².